The number of carbonyl (C=O) groups excluding carboxylic acids is 2. The van der Waals surface area contributed by atoms with Gasteiger partial charge < -0.3 is 10.6 Å². The number of benzene rings is 1. The maximum atomic E-state index is 12.3. The molecule has 1 atom stereocenters. The van der Waals surface area contributed by atoms with Gasteiger partial charge in [-0.3, -0.25) is 19.7 Å². The number of nitrogens with zero attached hydrogens (tertiary/aromatic N) is 2. The third-order valence-corrected chi connectivity index (χ3v) is 5.39. The van der Waals surface area contributed by atoms with Gasteiger partial charge in [0.15, 0.2) is 0 Å². The minimum Gasteiger partial charge on any atom is -0.368 e. The second kappa shape index (κ2) is 8.14. The van der Waals surface area contributed by atoms with Crippen LogP contribution in [0.1, 0.15) is 24.8 Å². The van der Waals surface area contributed by atoms with Gasteiger partial charge in [-0.15, -0.1) is 0 Å². The third-order valence-electron chi connectivity index (χ3n) is 4.32. The highest BCUT2D eigenvalue weighted by Gasteiger charge is 2.33. The maximum absolute atomic E-state index is 12.3. The van der Waals surface area contributed by atoms with Gasteiger partial charge in [0.2, 0.25) is 11.8 Å². The zero-order valence-electron chi connectivity index (χ0n) is 13.5. The maximum Gasteiger partial charge on any atom is 0.273 e. The van der Waals surface area contributed by atoms with Crippen molar-refractivity contribution < 1.29 is 14.5 Å². The fraction of sp³-hybridized carbons (Fsp3) is 0.500. The summed E-state index contributed by atoms with van der Waals surface area (Å²) in [5.41, 5.74) is 6.08. The molecule has 0 heterocycles. The largest absolute Gasteiger partial charge is 0.368 e. The van der Waals surface area contributed by atoms with Crippen molar-refractivity contribution in [1.29, 1.82) is 0 Å². The average molecular weight is 351 g/mol. The molecule has 0 saturated heterocycles. The molecule has 8 heteroatoms. The highest BCUT2D eigenvalue weighted by atomic mass is 32.2. The molecule has 7 nitrogen and oxygen atoms in total. The van der Waals surface area contributed by atoms with Crippen LogP contribution in [0.3, 0.4) is 0 Å². The number of carbonyl (C=O) groups is 2. The van der Waals surface area contributed by atoms with E-state index in [1.165, 1.54) is 22.7 Å². The molecule has 0 bridgehead atoms. The van der Waals surface area contributed by atoms with E-state index in [9.17, 15) is 19.7 Å². The quantitative estimate of drug-likeness (QED) is 0.569. The summed E-state index contributed by atoms with van der Waals surface area (Å²) in [6.45, 7) is 0. The van der Waals surface area contributed by atoms with E-state index in [0.29, 0.717) is 17.1 Å². The first kappa shape index (κ1) is 18.3. The lowest BCUT2D eigenvalue weighted by molar-refractivity contribution is -0.385. The molecule has 1 aromatic carbocycles. The SMILES string of the molecule is CN(C(=O)C1CCC1)C(CSCc1ccccc1[N+](=O)[O-])C(N)=O. The molecule has 1 aliphatic rings. The first-order valence-corrected chi connectivity index (χ1v) is 8.93. The van der Waals surface area contributed by atoms with Crippen LogP contribution in [-0.4, -0.2) is 40.5 Å². The number of hydrogen-bond donors (Lipinski definition) is 1. The van der Waals surface area contributed by atoms with Gasteiger partial charge in [0.25, 0.3) is 5.69 Å². The van der Waals surface area contributed by atoms with Crippen LogP contribution in [0.5, 0.6) is 0 Å². The van der Waals surface area contributed by atoms with Crippen molar-refractivity contribution in [3.63, 3.8) is 0 Å². The normalized spacial score (nSPS) is 15.4. The van der Waals surface area contributed by atoms with Crippen LogP contribution < -0.4 is 5.73 Å². The lowest BCUT2D eigenvalue weighted by Gasteiger charge is -2.32. The highest BCUT2D eigenvalue weighted by molar-refractivity contribution is 7.98. The van der Waals surface area contributed by atoms with E-state index < -0.39 is 16.9 Å². The van der Waals surface area contributed by atoms with Gasteiger partial charge in [-0.05, 0) is 12.8 Å². The fourth-order valence-corrected chi connectivity index (χ4v) is 3.77. The number of thioether (sulfide) groups is 1. The standard InChI is InChI=1S/C16H21N3O4S/c1-18(16(21)11-6-4-7-11)14(15(17)20)10-24-9-12-5-2-3-8-13(12)19(22)23/h2-3,5,8,11,14H,4,6-7,9-10H2,1H3,(H2,17,20). The Morgan fingerprint density at radius 2 is 2.08 bits per heavy atom. The Labute approximate surface area is 144 Å². The molecule has 2 amide bonds. The number of nitro groups is 1. The summed E-state index contributed by atoms with van der Waals surface area (Å²) in [6, 6.07) is 5.79. The van der Waals surface area contributed by atoms with Crippen LogP contribution in [0, 0.1) is 16.0 Å². The zero-order valence-corrected chi connectivity index (χ0v) is 14.3. The van der Waals surface area contributed by atoms with E-state index in [-0.39, 0.29) is 17.5 Å². The Morgan fingerprint density at radius 1 is 1.42 bits per heavy atom. The van der Waals surface area contributed by atoms with Crippen LogP contribution in [0.25, 0.3) is 0 Å². The minimum absolute atomic E-state index is 0.00272. The number of rotatable bonds is 8. The Morgan fingerprint density at radius 3 is 2.62 bits per heavy atom. The van der Waals surface area contributed by atoms with Gasteiger partial charge in [-0.25, -0.2) is 0 Å². The number of nitrogens with two attached hydrogens (primary N) is 1. The van der Waals surface area contributed by atoms with Gasteiger partial charge in [0.1, 0.15) is 6.04 Å². The molecule has 130 valence electrons. The number of para-hydroxylation sites is 1. The van der Waals surface area contributed by atoms with Crippen molar-refractivity contribution >= 4 is 29.3 Å². The topological polar surface area (TPSA) is 107 Å². The lowest BCUT2D eigenvalue weighted by Crippen LogP contribution is -2.50. The van der Waals surface area contributed by atoms with Crippen LogP contribution in [0.2, 0.25) is 0 Å². The number of nitro benzene ring substituents is 1. The predicted octanol–water partition coefficient (Wildman–Crippen LogP) is 1.94. The van der Waals surface area contributed by atoms with Crippen LogP contribution in [0.15, 0.2) is 24.3 Å². The second-order valence-electron chi connectivity index (χ2n) is 5.90. The van der Waals surface area contributed by atoms with Crippen molar-refractivity contribution in [2.45, 2.75) is 31.1 Å². The molecule has 0 aliphatic heterocycles. The van der Waals surface area contributed by atoms with Gasteiger partial charge in [-0.2, -0.15) is 11.8 Å². The number of primary amides is 1. The van der Waals surface area contributed by atoms with Crippen molar-refractivity contribution in [2.24, 2.45) is 11.7 Å². The van der Waals surface area contributed by atoms with E-state index in [4.69, 9.17) is 5.73 Å². The summed E-state index contributed by atoms with van der Waals surface area (Å²) >= 11 is 1.36. The Balaban J connectivity index is 1.96. The molecule has 0 spiro atoms. The molecule has 0 aromatic heterocycles. The molecule has 24 heavy (non-hydrogen) atoms. The predicted molar refractivity (Wildman–Crippen MR) is 92.4 cm³/mol. The lowest BCUT2D eigenvalue weighted by atomic mass is 9.84. The van der Waals surface area contributed by atoms with Crippen molar-refractivity contribution in [3.05, 3.63) is 39.9 Å². The summed E-state index contributed by atoms with van der Waals surface area (Å²) < 4.78 is 0. The first-order valence-electron chi connectivity index (χ1n) is 7.78. The fourth-order valence-electron chi connectivity index (χ4n) is 2.57. The molecular weight excluding hydrogens is 330 g/mol. The molecule has 2 rings (SSSR count). The zero-order chi connectivity index (χ0) is 17.7. The molecule has 1 aromatic rings. The van der Waals surface area contributed by atoms with Crippen molar-refractivity contribution in [2.75, 3.05) is 12.8 Å². The van der Waals surface area contributed by atoms with E-state index in [1.807, 2.05) is 0 Å². The highest BCUT2D eigenvalue weighted by Crippen LogP contribution is 2.29. The molecule has 2 N–H and O–H groups in total. The summed E-state index contributed by atoms with van der Waals surface area (Å²) in [6.07, 6.45) is 2.76. The first-order chi connectivity index (χ1) is 11.4. The van der Waals surface area contributed by atoms with Crippen LogP contribution >= 0.6 is 11.8 Å². The molecule has 1 fully saturated rings. The second-order valence-corrected chi connectivity index (χ2v) is 6.93. The molecule has 0 radical (unpaired) electrons. The van der Waals surface area contributed by atoms with E-state index in [0.717, 1.165) is 19.3 Å². The van der Waals surface area contributed by atoms with E-state index in [1.54, 1.807) is 25.2 Å². The Hall–Kier alpha value is -2.09. The van der Waals surface area contributed by atoms with Gasteiger partial charge in [0, 0.05) is 36.1 Å². The van der Waals surface area contributed by atoms with Crippen LogP contribution in [0.4, 0.5) is 5.69 Å². The Kier molecular flexibility index (Phi) is 6.19. The van der Waals surface area contributed by atoms with Crippen LogP contribution in [-0.2, 0) is 15.3 Å². The summed E-state index contributed by atoms with van der Waals surface area (Å²) in [4.78, 5) is 36.0. The number of likely N-dealkylation sites (N-methyl/N-ethyl adjacent to an activating group) is 1. The summed E-state index contributed by atoms with van der Waals surface area (Å²) in [7, 11) is 1.60. The monoisotopic (exact) mass is 351 g/mol. The summed E-state index contributed by atoms with van der Waals surface area (Å²) in [5, 5.41) is 11.0. The van der Waals surface area contributed by atoms with Gasteiger partial charge >= 0.3 is 0 Å². The van der Waals surface area contributed by atoms with Gasteiger partial charge in [-0.1, -0.05) is 24.6 Å². The number of hydrogen-bond acceptors (Lipinski definition) is 5. The Bertz CT molecular complexity index is 634. The molecule has 1 saturated carbocycles. The van der Waals surface area contributed by atoms with E-state index >= 15 is 0 Å². The third kappa shape index (κ3) is 4.25. The summed E-state index contributed by atoms with van der Waals surface area (Å²) in [5.74, 6) is 0.0940. The van der Waals surface area contributed by atoms with Crippen molar-refractivity contribution in [1.82, 2.24) is 4.90 Å². The van der Waals surface area contributed by atoms with E-state index in [2.05, 4.69) is 0 Å². The molecule has 1 aliphatic carbocycles. The van der Waals surface area contributed by atoms with Gasteiger partial charge in [0.05, 0.1) is 4.92 Å². The number of amides is 2. The van der Waals surface area contributed by atoms with Crippen molar-refractivity contribution in [3.8, 4) is 0 Å². The minimum atomic E-state index is -0.703. The molecule has 1 unspecified atom stereocenters. The molecular formula is C16H21N3O4S. The average Bonchev–Trinajstić information content (AvgIpc) is 2.49. The smallest absolute Gasteiger partial charge is 0.273 e.